The van der Waals surface area contributed by atoms with E-state index in [-0.39, 0.29) is 12.3 Å². The summed E-state index contributed by atoms with van der Waals surface area (Å²) < 4.78 is 5.70. The number of rotatable bonds is 5. The number of carbonyl (C=O) groups is 2. The number of carbonyl (C=O) groups excluding carboxylic acids is 1. The molecule has 0 aromatic carbocycles. The number of hydrogen-bond acceptors (Lipinski definition) is 3. The van der Waals surface area contributed by atoms with Gasteiger partial charge in [-0.3, -0.25) is 4.79 Å². The lowest BCUT2D eigenvalue weighted by atomic mass is 10.1. The normalized spacial score (nSPS) is 21.4. The van der Waals surface area contributed by atoms with Crippen molar-refractivity contribution < 1.29 is 19.4 Å². The van der Waals surface area contributed by atoms with Gasteiger partial charge >= 0.3 is 5.97 Å². The summed E-state index contributed by atoms with van der Waals surface area (Å²) in [6.07, 6.45) is 1.13. The van der Waals surface area contributed by atoms with Crippen LogP contribution in [-0.2, 0) is 14.3 Å². The largest absolute Gasteiger partial charge is 0.480 e. The van der Waals surface area contributed by atoms with E-state index in [0.29, 0.717) is 17.5 Å². The molecule has 1 amide bonds. The molecule has 1 aliphatic rings. The van der Waals surface area contributed by atoms with Crippen LogP contribution in [-0.4, -0.2) is 35.7 Å². The van der Waals surface area contributed by atoms with Gasteiger partial charge in [0.2, 0.25) is 5.91 Å². The van der Waals surface area contributed by atoms with Crippen molar-refractivity contribution in [2.24, 2.45) is 0 Å². The van der Waals surface area contributed by atoms with Crippen LogP contribution in [0.1, 0.15) is 19.3 Å². The van der Waals surface area contributed by atoms with E-state index in [4.69, 9.17) is 9.84 Å². The maximum Gasteiger partial charge on any atom is 0.326 e. The van der Waals surface area contributed by atoms with Crippen molar-refractivity contribution >= 4 is 27.8 Å². The van der Waals surface area contributed by atoms with Crippen LogP contribution in [0.5, 0.6) is 0 Å². The van der Waals surface area contributed by atoms with Gasteiger partial charge < -0.3 is 15.2 Å². The van der Waals surface area contributed by atoms with Crippen LogP contribution in [0.15, 0.2) is 11.1 Å². The van der Waals surface area contributed by atoms with Gasteiger partial charge in [0.05, 0.1) is 0 Å². The van der Waals surface area contributed by atoms with E-state index >= 15 is 0 Å². The van der Waals surface area contributed by atoms with Crippen molar-refractivity contribution in [1.29, 1.82) is 0 Å². The van der Waals surface area contributed by atoms with Crippen LogP contribution in [0.4, 0.5) is 0 Å². The Labute approximate surface area is 102 Å². The number of hydrogen-bond donors (Lipinski definition) is 2. The summed E-state index contributed by atoms with van der Waals surface area (Å²) in [7, 11) is 0. The van der Waals surface area contributed by atoms with Gasteiger partial charge in [-0.25, -0.2) is 4.79 Å². The average molecular weight is 292 g/mol. The Morgan fingerprint density at radius 2 is 2.31 bits per heavy atom. The molecule has 0 saturated carbocycles. The van der Waals surface area contributed by atoms with Crippen LogP contribution in [0.25, 0.3) is 0 Å². The lowest BCUT2D eigenvalue weighted by Crippen LogP contribution is -2.45. The zero-order valence-electron chi connectivity index (χ0n) is 8.74. The molecule has 0 unspecified atom stereocenters. The van der Waals surface area contributed by atoms with Crippen LogP contribution in [0.3, 0.4) is 0 Å². The Hall–Kier alpha value is -0.880. The highest BCUT2D eigenvalue weighted by atomic mass is 79.9. The highest BCUT2D eigenvalue weighted by Crippen LogP contribution is 2.14. The minimum atomic E-state index is -1.08. The van der Waals surface area contributed by atoms with E-state index in [0.717, 1.165) is 6.42 Å². The standard InChI is InChI=1S/C10H14BrNO4/c1-6(11)5-7(10(14)15)12-9(13)8-3-2-4-16-8/h7-8H,1-5H2,(H,12,13)(H,14,15)/t7-,8+/m0/s1. The zero-order chi connectivity index (χ0) is 12.1. The third kappa shape index (κ3) is 3.94. The van der Waals surface area contributed by atoms with Crippen molar-refractivity contribution in [3.8, 4) is 0 Å². The smallest absolute Gasteiger partial charge is 0.326 e. The molecular weight excluding hydrogens is 278 g/mol. The monoisotopic (exact) mass is 291 g/mol. The first-order valence-corrected chi connectivity index (χ1v) is 5.78. The molecule has 90 valence electrons. The molecule has 0 bridgehead atoms. The molecule has 6 heteroatoms. The number of carboxylic acids is 1. The fourth-order valence-corrected chi connectivity index (χ4v) is 1.79. The summed E-state index contributed by atoms with van der Waals surface area (Å²) in [5.74, 6) is -1.44. The lowest BCUT2D eigenvalue weighted by molar-refractivity contribution is -0.143. The van der Waals surface area contributed by atoms with Gasteiger partial charge in [0.1, 0.15) is 12.1 Å². The fourth-order valence-electron chi connectivity index (χ4n) is 1.47. The summed E-state index contributed by atoms with van der Waals surface area (Å²) in [5, 5.41) is 11.3. The molecule has 0 aliphatic carbocycles. The van der Waals surface area contributed by atoms with E-state index in [1.54, 1.807) is 0 Å². The Morgan fingerprint density at radius 1 is 1.62 bits per heavy atom. The molecular formula is C10H14BrNO4. The van der Waals surface area contributed by atoms with Crippen LogP contribution < -0.4 is 5.32 Å². The number of halogens is 1. The molecule has 0 aromatic rings. The minimum absolute atomic E-state index is 0.161. The highest BCUT2D eigenvalue weighted by Gasteiger charge is 2.28. The number of aliphatic carboxylic acids is 1. The number of ether oxygens (including phenoxy) is 1. The summed E-state index contributed by atoms with van der Waals surface area (Å²) in [6.45, 7) is 4.11. The van der Waals surface area contributed by atoms with Crippen LogP contribution >= 0.6 is 15.9 Å². The molecule has 1 rings (SSSR count). The van der Waals surface area contributed by atoms with Gasteiger partial charge in [0.25, 0.3) is 0 Å². The predicted octanol–water partition coefficient (Wildman–Crippen LogP) is 1.03. The van der Waals surface area contributed by atoms with Crippen molar-refractivity contribution in [2.45, 2.75) is 31.4 Å². The molecule has 2 N–H and O–H groups in total. The number of nitrogens with one attached hydrogen (secondary N) is 1. The van der Waals surface area contributed by atoms with Crippen molar-refractivity contribution in [1.82, 2.24) is 5.32 Å². The van der Waals surface area contributed by atoms with Crippen LogP contribution in [0, 0.1) is 0 Å². The third-order valence-corrected chi connectivity index (χ3v) is 2.59. The average Bonchev–Trinajstić information content (AvgIpc) is 2.68. The first-order chi connectivity index (χ1) is 7.50. The van der Waals surface area contributed by atoms with E-state index in [1.807, 2.05) is 0 Å². The Bertz CT molecular complexity index is 299. The molecule has 1 fully saturated rings. The van der Waals surface area contributed by atoms with Gasteiger partial charge in [0, 0.05) is 13.0 Å². The van der Waals surface area contributed by atoms with E-state index in [2.05, 4.69) is 27.8 Å². The third-order valence-electron chi connectivity index (χ3n) is 2.26. The Kier molecular flexibility index (Phi) is 4.95. The first kappa shape index (κ1) is 13.2. The highest BCUT2D eigenvalue weighted by molar-refractivity contribution is 9.11. The molecule has 1 aliphatic heterocycles. The van der Waals surface area contributed by atoms with Crippen molar-refractivity contribution in [2.75, 3.05) is 6.61 Å². The molecule has 2 atom stereocenters. The molecule has 0 radical (unpaired) electrons. The molecule has 16 heavy (non-hydrogen) atoms. The van der Waals surface area contributed by atoms with E-state index in [9.17, 15) is 9.59 Å². The SMILES string of the molecule is C=C(Br)C[C@H](NC(=O)[C@H]1CCCO1)C(=O)O. The zero-order valence-corrected chi connectivity index (χ0v) is 10.3. The minimum Gasteiger partial charge on any atom is -0.480 e. The molecule has 5 nitrogen and oxygen atoms in total. The topological polar surface area (TPSA) is 75.6 Å². The van der Waals surface area contributed by atoms with E-state index in [1.165, 1.54) is 0 Å². The second-order valence-electron chi connectivity index (χ2n) is 3.62. The van der Waals surface area contributed by atoms with Gasteiger partial charge in [0.15, 0.2) is 0 Å². The summed E-state index contributed by atoms with van der Waals surface area (Å²) in [6, 6.07) is -0.955. The van der Waals surface area contributed by atoms with Gasteiger partial charge in [-0.1, -0.05) is 22.5 Å². The van der Waals surface area contributed by atoms with Gasteiger partial charge in [-0.2, -0.15) is 0 Å². The molecule has 1 saturated heterocycles. The fraction of sp³-hybridized carbons (Fsp3) is 0.600. The second kappa shape index (κ2) is 6.00. The maximum atomic E-state index is 11.6. The van der Waals surface area contributed by atoms with E-state index < -0.39 is 18.1 Å². The second-order valence-corrected chi connectivity index (χ2v) is 4.74. The maximum absolute atomic E-state index is 11.6. The van der Waals surface area contributed by atoms with Gasteiger partial charge in [-0.15, -0.1) is 0 Å². The first-order valence-electron chi connectivity index (χ1n) is 4.98. The van der Waals surface area contributed by atoms with Crippen molar-refractivity contribution in [3.05, 3.63) is 11.1 Å². The summed E-state index contributed by atoms with van der Waals surface area (Å²) in [4.78, 5) is 22.5. The lowest BCUT2D eigenvalue weighted by Gasteiger charge is -2.16. The quantitative estimate of drug-likeness (QED) is 0.793. The predicted molar refractivity (Wildman–Crippen MR) is 61.2 cm³/mol. The number of amides is 1. The van der Waals surface area contributed by atoms with Gasteiger partial charge in [-0.05, 0) is 17.3 Å². The summed E-state index contributed by atoms with van der Waals surface area (Å²) in [5.41, 5.74) is 0. The molecule has 1 heterocycles. The Balaban J connectivity index is 2.50. The van der Waals surface area contributed by atoms with Crippen molar-refractivity contribution in [3.63, 3.8) is 0 Å². The van der Waals surface area contributed by atoms with Crippen LogP contribution in [0.2, 0.25) is 0 Å². The molecule has 0 aromatic heterocycles. The molecule has 0 spiro atoms. The number of carboxylic acid groups (broad SMARTS) is 1. The summed E-state index contributed by atoms with van der Waals surface area (Å²) >= 11 is 3.08. The Morgan fingerprint density at radius 3 is 2.75 bits per heavy atom.